The molecule has 0 saturated carbocycles. The molecule has 0 spiro atoms. The number of likely N-dealkylation sites (N-methyl/N-ethyl adjacent to an activating group) is 1. The number of halogens is 1. The Balaban J connectivity index is 1.82. The van der Waals surface area contributed by atoms with Crippen LogP contribution in [0.3, 0.4) is 0 Å². The van der Waals surface area contributed by atoms with E-state index in [-0.39, 0.29) is 5.82 Å². The van der Waals surface area contributed by atoms with Gasteiger partial charge in [-0.2, -0.15) is 0 Å². The summed E-state index contributed by atoms with van der Waals surface area (Å²) in [7, 11) is 2.22. The molecular formula is C14H21FN3S+. The molecule has 2 rings (SSSR count). The Labute approximate surface area is 119 Å². The summed E-state index contributed by atoms with van der Waals surface area (Å²) in [4.78, 5) is 3.79. The topological polar surface area (TPSA) is 19.7 Å². The highest BCUT2D eigenvalue weighted by atomic mass is 32.1. The molecule has 0 aromatic heterocycles. The molecule has 3 nitrogen and oxygen atoms in total. The van der Waals surface area contributed by atoms with Gasteiger partial charge in [0, 0.05) is 19.5 Å². The number of hydrogen-bond acceptors (Lipinski definition) is 1. The second kappa shape index (κ2) is 6.82. The predicted octanol–water partition coefficient (Wildman–Crippen LogP) is 0.421. The van der Waals surface area contributed by atoms with Gasteiger partial charge >= 0.3 is 0 Å². The first-order valence-corrected chi connectivity index (χ1v) is 7.14. The lowest BCUT2D eigenvalue weighted by atomic mass is 10.2. The molecule has 0 radical (unpaired) electrons. The van der Waals surface area contributed by atoms with Gasteiger partial charge in [-0.05, 0) is 29.9 Å². The molecule has 1 atom stereocenters. The van der Waals surface area contributed by atoms with Crippen LogP contribution in [-0.2, 0) is 6.54 Å². The van der Waals surface area contributed by atoms with Crippen LogP contribution in [0.2, 0.25) is 0 Å². The Morgan fingerprint density at radius 2 is 2.05 bits per heavy atom. The highest BCUT2D eigenvalue weighted by molar-refractivity contribution is 7.80. The van der Waals surface area contributed by atoms with Gasteiger partial charge in [-0.3, -0.25) is 0 Å². The van der Waals surface area contributed by atoms with E-state index in [1.165, 1.54) is 25.1 Å². The number of rotatable bonds is 2. The summed E-state index contributed by atoms with van der Waals surface area (Å²) < 4.78 is 12.8. The van der Waals surface area contributed by atoms with Crippen LogP contribution < -0.4 is 10.2 Å². The van der Waals surface area contributed by atoms with Gasteiger partial charge in [0.1, 0.15) is 5.82 Å². The second-order valence-electron chi connectivity index (χ2n) is 5.08. The van der Waals surface area contributed by atoms with Crippen molar-refractivity contribution in [2.24, 2.45) is 0 Å². The standard InChI is InChI=1S/C14H20FN3S/c1-17-7-2-8-18(10-9-17)14(19)16-11-12-3-5-13(15)6-4-12/h3-6H,2,7-11H2,1H3,(H,16,19)/p+1. The summed E-state index contributed by atoms with van der Waals surface area (Å²) in [6, 6.07) is 6.52. The normalized spacial score (nSPS) is 19.9. The summed E-state index contributed by atoms with van der Waals surface area (Å²) in [6.45, 7) is 5.00. The van der Waals surface area contributed by atoms with Gasteiger partial charge in [-0.1, -0.05) is 12.1 Å². The Hall–Kier alpha value is -1.20. The quantitative estimate of drug-likeness (QED) is 0.767. The van der Waals surface area contributed by atoms with Crippen LogP contribution in [0.25, 0.3) is 0 Å². The summed E-state index contributed by atoms with van der Waals surface area (Å²) in [5.41, 5.74) is 1.04. The van der Waals surface area contributed by atoms with E-state index in [1.54, 1.807) is 17.0 Å². The molecule has 1 aliphatic heterocycles. The molecule has 5 heteroatoms. The fourth-order valence-electron chi connectivity index (χ4n) is 2.23. The number of hydrogen-bond donors (Lipinski definition) is 2. The van der Waals surface area contributed by atoms with Crippen molar-refractivity contribution in [3.8, 4) is 0 Å². The smallest absolute Gasteiger partial charge is 0.169 e. The first kappa shape index (κ1) is 14.2. The van der Waals surface area contributed by atoms with Crippen LogP contribution >= 0.6 is 12.2 Å². The van der Waals surface area contributed by atoms with Crippen molar-refractivity contribution >= 4 is 17.3 Å². The maximum Gasteiger partial charge on any atom is 0.169 e. The third-order valence-corrected chi connectivity index (χ3v) is 3.89. The fraction of sp³-hybridized carbons (Fsp3) is 0.500. The van der Waals surface area contributed by atoms with Crippen LogP contribution in [0, 0.1) is 5.82 Å². The first-order valence-electron chi connectivity index (χ1n) is 6.73. The van der Waals surface area contributed by atoms with Crippen molar-refractivity contribution in [1.29, 1.82) is 0 Å². The summed E-state index contributed by atoms with van der Waals surface area (Å²) in [6.07, 6.45) is 1.17. The maximum atomic E-state index is 12.8. The lowest BCUT2D eigenvalue weighted by molar-refractivity contribution is -0.877. The zero-order chi connectivity index (χ0) is 13.7. The molecule has 1 aromatic rings. The van der Waals surface area contributed by atoms with Gasteiger partial charge in [-0.15, -0.1) is 0 Å². The van der Waals surface area contributed by atoms with Crippen LogP contribution in [0.4, 0.5) is 4.39 Å². The van der Waals surface area contributed by atoms with Crippen LogP contribution in [0.1, 0.15) is 12.0 Å². The molecule has 1 saturated heterocycles. The zero-order valence-corrected chi connectivity index (χ0v) is 12.1. The summed E-state index contributed by atoms with van der Waals surface area (Å²) in [5.74, 6) is -0.204. The van der Waals surface area contributed by atoms with Gasteiger partial charge < -0.3 is 15.1 Å². The fourth-order valence-corrected chi connectivity index (χ4v) is 2.48. The monoisotopic (exact) mass is 282 g/mol. The Kier molecular flexibility index (Phi) is 5.10. The van der Waals surface area contributed by atoms with E-state index in [4.69, 9.17) is 12.2 Å². The molecule has 1 heterocycles. The second-order valence-corrected chi connectivity index (χ2v) is 5.47. The van der Waals surface area contributed by atoms with Crippen molar-refractivity contribution in [3.63, 3.8) is 0 Å². The van der Waals surface area contributed by atoms with Gasteiger partial charge in [0.05, 0.1) is 26.7 Å². The third-order valence-electron chi connectivity index (χ3n) is 3.48. The SMILES string of the molecule is C[NH+]1CCCN(C(=S)NCc2ccc(F)cc2)CC1. The van der Waals surface area contributed by atoms with Crippen molar-refractivity contribution in [2.45, 2.75) is 13.0 Å². The zero-order valence-electron chi connectivity index (χ0n) is 11.3. The molecule has 0 aliphatic carbocycles. The van der Waals surface area contributed by atoms with Crippen molar-refractivity contribution in [2.75, 3.05) is 33.2 Å². The molecule has 0 bridgehead atoms. The van der Waals surface area contributed by atoms with Crippen LogP contribution in [-0.4, -0.2) is 43.2 Å². The van der Waals surface area contributed by atoms with Crippen molar-refractivity contribution in [1.82, 2.24) is 10.2 Å². The van der Waals surface area contributed by atoms with E-state index >= 15 is 0 Å². The molecule has 2 N–H and O–H groups in total. The van der Waals surface area contributed by atoms with E-state index < -0.39 is 0 Å². The van der Waals surface area contributed by atoms with Crippen molar-refractivity contribution in [3.05, 3.63) is 35.6 Å². The highest BCUT2D eigenvalue weighted by Crippen LogP contribution is 2.03. The number of benzene rings is 1. The average Bonchev–Trinajstić information content (AvgIpc) is 2.63. The van der Waals surface area contributed by atoms with E-state index in [2.05, 4.69) is 17.3 Å². The first-order chi connectivity index (χ1) is 9.15. The third kappa shape index (κ3) is 4.44. The summed E-state index contributed by atoms with van der Waals surface area (Å²) >= 11 is 5.43. The molecule has 1 aliphatic rings. The van der Waals surface area contributed by atoms with Gasteiger partial charge in [0.25, 0.3) is 0 Å². The highest BCUT2D eigenvalue weighted by Gasteiger charge is 2.16. The average molecular weight is 282 g/mol. The largest absolute Gasteiger partial charge is 0.358 e. The number of thiocarbonyl (C=S) groups is 1. The minimum absolute atomic E-state index is 0.204. The predicted molar refractivity (Wildman–Crippen MR) is 78.6 cm³/mol. The van der Waals surface area contributed by atoms with Gasteiger partial charge in [0.2, 0.25) is 0 Å². The number of nitrogens with one attached hydrogen (secondary N) is 2. The van der Waals surface area contributed by atoms with E-state index in [0.717, 1.165) is 30.3 Å². The molecule has 1 fully saturated rings. The van der Waals surface area contributed by atoms with Gasteiger partial charge in [0.15, 0.2) is 5.11 Å². The lowest BCUT2D eigenvalue weighted by Crippen LogP contribution is -3.09. The van der Waals surface area contributed by atoms with E-state index in [9.17, 15) is 4.39 Å². The van der Waals surface area contributed by atoms with E-state index in [0.29, 0.717) is 6.54 Å². The minimum Gasteiger partial charge on any atom is -0.358 e. The van der Waals surface area contributed by atoms with Gasteiger partial charge in [-0.25, -0.2) is 4.39 Å². The molecule has 0 amide bonds. The summed E-state index contributed by atoms with van der Waals surface area (Å²) in [5, 5.41) is 4.06. The Morgan fingerprint density at radius 3 is 2.79 bits per heavy atom. The van der Waals surface area contributed by atoms with Crippen LogP contribution in [0.5, 0.6) is 0 Å². The van der Waals surface area contributed by atoms with E-state index in [1.807, 2.05) is 0 Å². The minimum atomic E-state index is -0.204. The number of nitrogens with zero attached hydrogens (tertiary/aromatic N) is 1. The maximum absolute atomic E-state index is 12.8. The van der Waals surface area contributed by atoms with Crippen molar-refractivity contribution < 1.29 is 9.29 Å². The molecule has 1 unspecified atom stereocenters. The molecule has 19 heavy (non-hydrogen) atoms. The van der Waals surface area contributed by atoms with Crippen LogP contribution in [0.15, 0.2) is 24.3 Å². The molecule has 1 aromatic carbocycles. The Bertz CT molecular complexity index is 421. The lowest BCUT2D eigenvalue weighted by Gasteiger charge is -2.23. The number of quaternary nitrogens is 1. The Morgan fingerprint density at radius 1 is 1.32 bits per heavy atom. The molecule has 104 valence electrons. The molecular weight excluding hydrogens is 261 g/mol.